The fourth-order valence-corrected chi connectivity index (χ4v) is 4.71. The molecule has 4 rings (SSSR count). The topological polar surface area (TPSA) is 65.1 Å². The summed E-state index contributed by atoms with van der Waals surface area (Å²) in [5.41, 5.74) is 2.70. The van der Waals surface area contributed by atoms with Crippen LogP contribution in [-0.2, 0) is 11.4 Å². The maximum atomic E-state index is 12.9. The van der Waals surface area contributed by atoms with E-state index >= 15 is 0 Å². The van der Waals surface area contributed by atoms with E-state index in [1.54, 1.807) is 36.4 Å². The quantitative estimate of drug-likeness (QED) is 0.242. The lowest BCUT2D eigenvalue weighted by molar-refractivity contribution is -0.123. The van der Waals surface area contributed by atoms with Crippen molar-refractivity contribution in [3.8, 4) is 17.2 Å². The predicted octanol–water partition coefficient (Wildman–Crippen LogP) is 7.39. The van der Waals surface area contributed by atoms with Gasteiger partial charge in [0.15, 0.2) is 11.5 Å². The second-order valence-electron chi connectivity index (χ2n) is 8.17. The van der Waals surface area contributed by atoms with Gasteiger partial charge in [0.05, 0.1) is 28.1 Å². The van der Waals surface area contributed by atoms with E-state index in [9.17, 15) is 9.59 Å². The lowest BCUT2D eigenvalue weighted by atomic mass is 10.1. The van der Waals surface area contributed by atoms with E-state index in [1.807, 2.05) is 44.2 Å². The number of thioether (sulfide) groups is 1. The Morgan fingerprint density at radius 1 is 0.892 bits per heavy atom. The molecule has 0 N–H and O–H groups in total. The largest absolute Gasteiger partial charge is 0.492 e. The van der Waals surface area contributed by atoms with Crippen LogP contribution >= 0.6 is 35.0 Å². The molecule has 3 aromatic rings. The van der Waals surface area contributed by atoms with Crippen molar-refractivity contribution in [2.45, 2.75) is 20.5 Å². The summed E-state index contributed by atoms with van der Waals surface area (Å²) in [5.74, 6) is 1.42. The summed E-state index contributed by atoms with van der Waals surface area (Å²) in [6.07, 6.45) is 1.68. The second kappa shape index (κ2) is 12.4. The van der Waals surface area contributed by atoms with Crippen LogP contribution in [0.3, 0.4) is 0 Å². The number of imide groups is 1. The van der Waals surface area contributed by atoms with Gasteiger partial charge in [-0.25, -0.2) is 0 Å². The van der Waals surface area contributed by atoms with Crippen molar-refractivity contribution < 1.29 is 23.8 Å². The van der Waals surface area contributed by atoms with Crippen LogP contribution in [0.1, 0.15) is 23.6 Å². The van der Waals surface area contributed by atoms with Crippen molar-refractivity contribution in [2.75, 3.05) is 19.8 Å². The van der Waals surface area contributed by atoms with Crippen LogP contribution in [-0.4, -0.2) is 35.8 Å². The Kier molecular flexibility index (Phi) is 9.03. The van der Waals surface area contributed by atoms with Gasteiger partial charge in [0.1, 0.15) is 19.0 Å². The highest BCUT2D eigenvalue weighted by Gasteiger charge is 2.34. The molecule has 37 heavy (non-hydrogen) atoms. The molecule has 192 valence electrons. The summed E-state index contributed by atoms with van der Waals surface area (Å²) in [6, 6.07) is 18.3. The summed E-state index contributed by atoms with van der Waals surface area (Å²) in [4.78, 5) is 26.9. The van der Waals surface area contributed by atoms with E-state index < -0.39 is 0 Å². The number of halogens is 2. The lowest BCUT2D eigenvalue weighted by Crippen LogP contribution is -2.32. The third kappa shape index (κ3) is 7.01. The highest BCUT2D eigenvalue weighted by Crippen LogP contribution is 2.35. The van der Waals surface area contributed by atoms with Gasteiger partial charge in [-0.1, -0.05) is 53.0 Å². The van der Waals surface area contributed by atoms with Gasteiger partial charge in [0.25, 0.3) is 11.1 Å². The Bertz CT molecular complexity index is 1330. The Morgan fingerprint density at radius 3 is 2.41 bits per heavy atom. The summed E-state index contributed by atoms with van der Waals surface area (Å²) in [6.45, 7) is 4.96. The molecule has 6 nitrogen and oxygen atoms in total. The molecule has 0 saturated carbocycles. The average molecular weight is 558 g/mol. The first kappa shape index (κ1) is 26.9. The molecule has 1 saturated heterocycles. The van der Waals surface area contributed by atoms with Gasteiger partial charge in [-0.3, -0.25) is 14.5 Å². The molecule has 0 bridgehead atoms. The normalized spacial score (nSPS) is 14.4. The molecule has 0 unspecified atom stereocenters. The number of aryl methyl sites for hydroxylation is 1. The fourth-order valence-electron chi connectivity index (χ4n) is 3.53. The van der Waals surface area contributed by atoms with Gasteiger partial charge in [0, 0.05) is 0 Å². The Balaban J connectivity index is 1.41. The summed E-state index contributed by atoms with van der Waals surface area (Å²) >= 11 is 13.0. The van der Waals surface area contributed by atoms with Gasteiger partial charge in [-0.15, -0.1) is 0 Å². The molecule has 0 aliphatic carbocycles. The highest BCUT2D eigenvalue weighted by molar-refractivity contribution is 8.18. The Hall–Kier alpha value is -3.13. The smallest absolute Gasteiger partial charge is 0.293 e. The van der Waals surface area contributed by atoms with Crippen LogP contribution in [0.5, 0.6) is 17.2 Å². The van der Waals surface area contributed by atoms with E-state index in [0.29, 0.717) is 44.4 Å². The van der Waals surface area contributed by atoms with Crippen molar-refractivity contribution in [1.29, 1.82) is 0 Å². The monoisotopic (exact) mass is 557 g/mol. The van der Waals surface area contributed by atoms with Crippen molar-refractivity contribution in [3.05, 3.63) is 92.3 Å². The number of hydrogen-bond acceptors (Lipinski definition) is 6. The average Bonchev–Trinajstić information content (AvgIpc) is 3.14. The number of amides is 2. The summed E-state index contributed by atoms with van der Waals surface area (Å²) in [5, 5.41) is 0.613. The lowest BCUT2D eigenvalue weighted by Gasteiger charge is -2.14. The maximum Gasteiger partial charge on any atom is 0.293 e. The molecular weight excluding hydrogens is 533 g/mol. The molecule has 0 spiro atoms. The molecule has 0 aromatic heterocycles. The van der Waals surface area contributed by atoms with Crippen molar-refractivity contribution in [1.82, 2.24) is 4.90 Å². The standard InChI is InChI=1S/C28H25Cl2NO5S/c1-3-34-25-15-19(7-11-24(25)36-17-20-6-10-22(29)23(30)14-20)16-26-27(32)31(28(33)37-26)12-13-35-21-8-4-18(2)5-9-21/h4-11,14-16H,3,12-13,17H2,1-2H3/b26-16-. The maximum absolute atomic E-state index is 12.9. The first-order valence-corrected chi connectivity index (χ1v) is 13.2. The minimum Gasteiger partial charge on any atom is -0.492 e. The number of benzene rings is 3. The molecule has 1 aliphatic heterocycles. The number of ether oxygens (including phenoxy) is 3. The van der Waals surface area contributed by atoms with Crippen LogP contribution in [0.4, 0.5) is 4.79 Å². The van der Waals surface area contributed by atoms with Crippen LogP contribution in [0, 0.1) is 6.92 Å². The second-order valence-corrected chi connectivity index (χ2v) is 9.98. The summed E-state index contributed by atoms with van der Waals surface area (Å²) < 4.78 is 17.4. The molecule has 9 heteroatoms. The van der Waals surface area contributed by atoms with Gasteiger partial charge in [0.2, 0.25) is 0 Å². The first-order valence-electron chi connectivity index (χ1n) is 11.6. The van der Waals surface area contributed by atoms with E-state index in [4.69, 9.17) is 37.4 Å². The summed E-state index contributed by atoms with van der Waals surface area (Å²) in [7, 11) is 0. The molecule has 1 aliphatic rings. The van der Waals surface area contributed by atoms with E-state index in [-0.39, 0.29) is 30.9 Å². The zero-order valence-corrected chi connectivity index (χ0v) is 22.7. The first-order chi connectivity index (χ1) is 17.8. The minimum atomic E-state index is -0.347. The molecule has 0 radical (unpaired) electrons. The number of carbonyl (C=O) groups is 2. The van der Waals surface area contributed by atoms with Crippen molar-refractivity contribution in [3.63, 3.8) is 0 Å². The number of nitrogens with zero attached hydrogens (tertiary/aromatic N) is 1. The van der Waals surface area contributed by atoms with Crippen molar-refractivity contribution in [2.24, 2.45) is 0 Å². The number of rotatable bonds is 10. The van der Waals surface area contributed by atoms with Crippen molar-refractivity contribution >= 4 is 52.2 Å². The van der Waals surface area contributed by atoms with Gasteiger partial charge >= 0.3 is 0 Å². The number of carbonyl (C=O) groups excluding carboxylic acids is 2. The van der Waals surface area contributed by atoms with E-state index in [1.165, 1.54) is 4.90 Å². The Morgan fingerprint density at radius 2 is 1.68 bits per heavy atom. The fraction of sp³-hybridized carbons (Fsp3) is 0.214. The number of hydrogen-bond donors (Lipinski definition) is 0. The molecule has 1 fully saturated rings. The third-order valence-corrected chi connectivity index (χ3v) is 7.07. The molecule has 2 amide bonds. The zero-order valence-electron chi connectivity index (χ0n) is 20.3. The Labute approximate surface area is 230 Å². The van der Waals surface area contributed by atoms with Crippen LogP contribution in [0.25, 0.3) is 6.08 Å². The third-order valence-electron chi connectivity index (χ3n) is 5.42. The predicted molar refractivity (Wildman–Crippen MR) is 148 cm³/mol. The molecule has 1 heterocycles. The van der Waals surface area contributed by atoms with Gasteiger partial charge in [-0.05, 0) is 79.2 Å². The van der Waals surface area contributed by atoms with Gasteiger partial charge in [-0.2, -0.15) is 0 Å². The SMILES string of the molecule is CCOc1cc(/C=C2\SC(=O)N(CCOc3ccc(C)cc3)C2=O)ccc1OCc1ccc(Cl)c(Cl)c1. The van der Waals surface area contributed by atoms with Crippen LogP contribution in [0.2, 0.25) is 10.0 Å². The zero-order chi connectivity index (χ0) is 26.4. The van der Waals surface area contributed by atoms with E-state index in [0.717, 1.165) is 22.9 Å². The molecular formula is C28H25Cl2NO5S. The van der Waals surface area contributed by atoms with E-state index in [2.05, 4.69) is 0 Å². The minimum absolute atomic E-state index is 0.168. The molecule has 3 aromatic carbocycles. The molecule has 0 atom stereocenters. The van der Waals surface area contributed by atoms with Crippen LogP contribution < -0.4 is 14.2 Å². The van der Waals surface area contributed by atoms with Crippen LogP contribution in [0.15, 0.2) is 65.6 Å². The van der Waals surface area contributed by atoms with Gasteiger partial charge < -0.3 is 14.2 Å². The highest BCUT2D eigenvalue weighted by atomic mass is 35.5.